The number of fused-ring (bicyclic) bond motifs is 1. The van der Waals surface area contributed by atoms with Gasteiger partial charge in [-0.05, 0) is 30.2 Å². The first kappa shape index (κ1) is 13.3. The van der Waals surface area contributed by atoms with Gasteiger partial charge >= 0.3 is 0 Å². The summed E-state index contributed by atoms with van der Waals surface area (Å²) in [5.74, 6) is -0.271. The molecule has 0 saturated carbocycles. The highest BCUT2D eigenvalue weighted by Gasteiger charge is 2.21. The van der Waals surface area contributed by atoms with Crippen molar-refractivity contribution >= 4 is 26.5 Å². The second kappa shape index (κ2) is 4.71. The van der Waals surface area contributed by atoms with E-state index in [1.54, 1.807) is 6.07 Å². The van der Waals surface area contributed by atoms with Gasteiger partial charge in [-0.15, -0.1) is 0 Å². The van der Waals surface area contributed by atoms with Crippen molar-refractivity contribution < 1.29 is 12.8 Å². The van der Waals surface area contributed by atoms with Crippen LogP contribution in [0.5, 0.6) is 0 Å². The molecule has 0 atom stereocenters. The van der Waals surface area contributed by atoms with Gasteiger partial charge in [0.25, 0.3) is 0 Å². The largest absolute Gasteiger partial charge is 0.361 e. The van der Waals surface area contributed by atoms with E-state index >= 15 is 0 Å². The number of H-pyrrole nitrogens is 1. The number of nitrogens with zero attached hydrogens (tertiary/aromatic N) is 1. The Bertz CT molecular complexity index is 793. The normalized spacial score (nSPS) is 17.4. The second-order valence-corrected chi connectivity index (χ2v) is 6.98. The fraction of sp³-hybridized carbons (Fsp3) is 0.286. The molecule has 2 aromatic rings. The number of aromatic nitrogens is 1. The van der Waals surface area contributed by atoms with Crippen molar-refractivity contribution in [3.05, 3.63) is 41.9 Å². The number of rotatable bonds is 2. The molecule has 1 N–H and O–H groups in total. The summed E-state index contributed by atoms with van der Waals surface area (Å²) in [5, 5.41) is 0.837. The molecule has 20 heavy (non-hydrogen) atoms. The lowest BCUT2D eigenvalue weighted by atomic mass is 10.00. The Kier molecular flexibility index (Phi) is 3.14. The summed E-state index contributed by atoms with van der Waals surface area (Å²) in [7, 11) is -3.15. The monoisotopic (exact) mass is 294 g/mol. The molecule has 2 heterocycles. The Morgan fingerprint density at radius 3 is 2.80 bits per heavy atom. The first-order valence-corrected chi connectivity index (χ1v) is 8.21. The van der Waals surface area contributed by atoms with Crippen molar-refractivity contribution in [2.24, 2.45) is 0 Å². The topological polar surface area (TPSA) is 53.2 Å². The average Bonchev–Trinajstić information content (AvgIpc) is 2.81. The zero-order valence-corrected chi connectivity index (χ0v) is 11.9. The maximum atomic E-state index is 13.4. The van der Waals surface area contributed by atoms with Crippen LogP contribution in [0, 0.1) is 5.82 Å². The van der Waals surface area contributed by atoms with Crippen LogP contribution in [0.4, 0.5) is 4.39 Å². The number of hydrogen-bond donors (Lipinski definition) is 1. The molecule has 0 aliphatic carbocycles. The highest BCUT2D eigenvalue weighted by molar-refractivity contribution is 7.88. The Morgan fingerprint density at radius 2 is 2.15 bits per heavy atom. The fourth-order valence-electron chi connectivity index (χ4n) is 2.55. The number of hydrogen-bond acceptors (Lipinski definition) is 2. The van der Waals surface area contributed by atoms with Crippen LogP contribution in [-0.4, -0.2) is 37.1 Å². The molecule has 0 radical (unpaired) electrons. The van der Waals surface area contributed by atoms with Gasteiger partial charge in [-0.3, -0.25) is 0 Å². The molecule has 0 unspecified atom stereocenters. The molecule has 1 aliphatic rings. The summed E-state index contributed by atoms with van der Waals surface area (Å²) >= 11 is 0. The minimum absolute atomic E-state index is 0.271. The molecule has 3 rings (SSSR count). The summed E-state index contributed by atoms with van der Waals surface area (Å²) in [6, 6.07) is 4.63. The minimum Gasteiger partial charge on any atom is -0.361 e. The highest BCUT2D eigenvalue weighted by Crippen LogP contribution is 2.30. The smallest absolute Gasteiger partial charge is 0.211 e. The van der Waals surface area contributed by atoms with Crippen molar-refractivity contribution in [2.75, 3.05) is 19.3 Å². The van der Waals surface area contributed by atoms with Crippen molar-refractivity contribution in [1.29, 1.82) is 0 Å². The lowest BCUT2D eigenvalue weighted by molar-refractivity contribution is 0.446. The Morgan fingerprint density at radius 1 is 1.35 bits per heavy atom. The van der Waals surface area contributed by atoms with Crippen LogP contribution in [0.1, 0.15) is 12.0 Å². The average molecular weight is 294 g/mol. The van der Waals surface area contributed by atoms with E-state index in [4.69, 9.17) is 0 Å². The van der Waals surface area contributed by atoms with Gasteiger partial charge in [-0.2, -0.15) is 4.31 Å². The second-order valence-electron chi connectivity index (χ2n) is 4.99. The van der Waals surface area contributed by atoms with Crippen LogP contribution in [-0.2, 0) is 10.0 Å². The molecule has 1 aliphatic heterocycles. The Labute approximate surface area is 117 Å². The summed E-state index contributed by atoms with van der Waals surface area (Å²) < 4.78 is 37.8. The number of benzene rings is 1. The van der Waals surface area contributed by atoms with Crippen LogP contribution < -0.4 is 0 Å². The van der Waals surface area contributed by atoms with Gasteiger partial charge in [0.1, 0.15) is 5.82 Å². The van der Waals surface area contributed by atoms with E-state index in [-0.39, 0.29) is 5.82 Å². The molecule has 0 saturated heterocycles. The molecule has 6 heteroatoms. The van der Waals surface area contributed by atoms with Crippen LogP contribution in [0.2, 0.25) is 0 Å². The minimum atomic E-state index is -3.15. The van der Waals surface area contributed by atoms with Gasteiger partial charge in [0.2, 0.25) is 10.0 Å². The van der Waals surface area contributed by atoms with E-state index in [9.17, 15) is 12.8 Å². The van der Waals surface area contributed by atoms with Gasteiger partial charge in [0.15, 0.2) is 0 Å². The molecule has 1 aromatic heterocycles. The SMILES string of the molecule is CS(=O)(=O)N1CC=C(c2c[nH]c3ccc(F)cc23)CC1. The van der Waals surface area contributed by atoms with Gasteiger partial charge in [-0.1, -0.05) is 6.08 Å². The molecule has 1 aromatic carbocycles. The Hall–Kier alpha value is -1.66. The lowest BCUT2D eigenvalue weighted by Crippen LogP contribution is -2.33. The van der Waals surface area contributed by atoms with Crippen molar-refractivity contribution in [3.63, 3.8) is 0 Å². The number of aromatic amines is 1. The van der Waals surface area contributed by atoms with Gasteiger partial charge in [0.05, 0.1) is 6.26 Å². The quantitative estimate of drug-likeness (QED) is 0.924. The van der Waals surface area contributed by atoms with Crippen molar-refractivity contribution in [1.82, 2.24) is 9.29 Å². The molecule has 4 nitrogen and oxygen atoms in total. The van der Waals surface area contributed by atoms with E-state index in [0.717, 1.165) is 22.0 Å². The van der Waals surface area contributed by atoms with Gasteiger partial charge in [-0.25, -0.2) is 12.8 Å². The van der Waals surface area contributed by atoms with E-state index in [0.29, 0.717) is 19.5 Å². The zero-order chi connectivity index (χ0) is 14.3. The third-order valence-electron chi connectivity index (χ3n) is 3.63. The molecule has 0 amide bonds. The molecule has 0 bridgehead atoms. The standard InChI is InChI=1S/C14H15FN2O2S/c1-20(18,19)17-6-4-10(5-7-17)13-9-16-14-3-2-11(15)8-12(13)14/h2-4,8-9,16H,5-7H2,1H3. The predicted molar refractivity (Wildman–Crippen MR) is 77.3 cm³/mol. The van der Waals surface area contributed by atoms with E-state index in [1.165, 1.54) is 22.7 Å². The molecular formula is C14H15FN2O2S. The number of nitrogens with one attached hydrogen (secondary N) is 1. The molecule has 0 fully saturated rings. The first-order chi connectivity index (χ1) is 9.45. The van der Waals surface area contributed by atoms with Gasteiger partial charge in [0, 0.05) is 35.8 Å². The summed E-state index contributed by atoms with van der Waals surface area (Å²) in [5.41, 5.74) is 2.89. The fourth-order valence-corrected chi connectivity index (χ4v) is 3.32. The highest BCUT2D eigenvalue weighted by atomic mass is 32.2. The molecule has 0 spiro atoms. The third kappa shape index (κ3) is 2.36. The maximum absolute atomic E-state index is 13.4. The molecule has 106 valence electrons. The summed E-state index contributed by atoms with van der Waals surface area (Å²) in [4.78, 5) is 3.11. The lowest BCUT2D eigenvalue weighted by Gasteiger charge is -2.24. The van der Waals surface area contributed by atoms with Crippen LogP contribution >= 0.6 is 0 Å². The third-order valence-corrected chi connectivity index (χ3v) is 4.90. The molecular weight excluding hydrogens is 279 g/mol. The summed E-state index contributed by atoms with van der Waals surface area (Å²) in [6.07, 6.45) is 5.60. The van der Waals surface area contributed by atoms with Crippen LogP contribution in [0.25, 0.3) is 16.5 Å². The van der Waals surface area contributed by atoms with Gasteiger partial charge < -0.3 is 4.98 Å². The van der Waals surface area contributed by atoms with Crippen molar-refractivity contribution in [2.45, 2.75) is 6.42 Å². The first-order valence-electron chi connectivity index (χ1n) is 6.36. The number of sulfonamides is 1. The van der Waals surface area contributed by atoms with Crippen LogP contribution in [0.15, 0.2) is 30.5 Å². The van der Waals surface area contributed by atoms with Crippen LogP contribution in [0.3, 0.4) is 0 Å². The predicted octanol–water partition coefficient (Wildman–Crippen LogP) is 2.36. The Balaban J connectivity index is 1.97. The van der Waals surface area contributed by atoms with E-state index < -0.39 is 10.0 Å². The van der Waals surface area contributed by atoms with Crippen molar-refractivity contribution in [3.8, 4) is 0 Å². The zero-order valence-electron chi connectivity index (χ0n) is 11.1. The van der Waals surface area contributed by atoms with E-state index in [1.807, 2.05) is 12.3 Å². The van der Waals surface area contributed by atoms with E-state index in [2.05, 4.69) is 4.98 Å². The number of halogens is 1. The maximum Gasteiger partial charge on any atom is 0.211 e. The summed E-state index contributed by atoms with van der Waals surface area (Å²) in [6.45, 7) is 0.836.